The molecule has 0 saturated heterocycles. The minimum Gasteiger partial charge on any atom is -0.481 e. The van der Waals surface area contributed by atoms with Crippen LogP contribution in [0.2, 0.25) is 0 Å². The lowest BCUT2D eigenvalue weighted by atomic mass is 9.94. The molecule has 0 aliphatic rings. The fourth-order valence-corrected chi connectivity index (χ4v) is 5.41. The van der Waals surface area contributed by atoms with Crippen LogP contribution in [0.3, 0.4) is 0 Å². The number of nitrogens with one attached hydrogen (secondary N) is 1. The van der Waals surface area contributed by atoms with Gasteiger partial charge in [0.05, 0.1) is 0 Å². The van der Waals surface area contributed by atoms with Gasteiger partial charge in [0.25, 0.3) is 10.0 Å². The van der Waals surface area contributed by atoms with Crippen molar-refractivity contribution in [2.24, 2.45) is 11.8 Å². The van der Waals surface area contributed by atoms with Gasteiger partial charge in [-0.3, -0.25) is 4.79 Å². The Bertz CT molecular complexity index is 554. The molecule has 8 heteroatoms. The summed E-state index contributed by atoms with van der Waals surface area (Å²) in [5, 5.41) is 10.6. The van der Waals surface area contributed by atoms with Crippen LogP contribution in [0.15, 0.2) is 20.1 Å². The van der Waals surface area contributed by atoms with Crippen molar-refractivity contribution in [3.05, 3.63) is 15.9 Å². The molecule has 0 aliphatic carbocycles. The molecule has 0 saturated carbocycles. The first-order valence-corrected chi connectivity index (χ1v) is 9.32. The van der Waals surface area contributed by atoms with Crippen molar-refractivity contribution in [2.45, 2.75) is 30.9 Å². The smallest absolute Gasteiger partial charge is 0.303 e. The number of carboxylic acids is 1. The standard InChI is InChI=1S/C12H18BrNO4S2/c1-8(2)5-9(6-11(15)16)7-14-20(17,18)12-10(13)3-4-19-12/h3-4,8-9,14H,5-7H2,1-2H3,(H,15,16). The summed E-state index contributed by atoms with van der Waals surface area (Å²) in [6.45, 7) is 4.11. The first kappa shape index (κ1) is 17.6. The average Bonchev–Trinajstić information content (AvgIpc) is 2.72. The molecule has 1 rings (SSSR count). The molecule has 0 bridgehead atoms. The molecule has 20 heavy (non-hydrogen) atoms. The Labute approximate surface area is 131 Å². The van der Waals surface area contributed by atoms with E-state index in [2.05, 4.69) is 20.7 Å². The van der Waals surface area contributed by atoms with Gasteiger partial charge in [-0.1, -0.05) is 13.8 Å². The third-order valence-electron chi connectivity index (χ3n) is 2.66. The monoisotopic (exact) mass is 383 g/mol. The predicted octanol–water partition coefficient (Wildman–Crippen LogP) is 2.93. The molecular formula is C12H18BrNO4S2. The average molecular weight is 384 g/mol. The van der Waals surface area contributed by atoms with Crippen LogP contribution < -0.4 is 4.72 Å². The number of carbonyl (C=O) groups is 1. The second kappa shape index (κ2) is 7.53. The molecule has 0 spiro atoms. The molecule has 0 fully saturated rings. The number of rotatable bonds is 8. The van der Waals surface area contributed by atoms with Crippen LogP contribution in [0.25, 0.3) is 0 Å². The van der Waals surface area contributed by atoms with Gasteiger partial charge in [-0.05, 0) is 45.6 Å². The number of aliphatic carboxylic acids is 1. The second-order valence-corrected chi connectivity index (χ2v) is 8.73. The Morgan fingerprint density at radius 3 is 2.60 bits per heavy atom. The summed E-state index contributed by atoms with van der Waals surface area (Å²) in [5.41, 5.74) is 0. The number of halogens is 1. The van der Waals surface area contributed by atoms with Crippen molar-refractivity contribution in [3.63, 3.8) is 0 Å². The van der Waals surface area contributed by atoms with Gasteiger partial charge in [0.1, 0.15) is 4.21 Å². The number of thiophene rings is 1. The molecule has 0 aromatic carbocycles. The highest BCUT2D eigenvalue weighted by atomic mass is 79.9. The molecular weight excluding hydrogens is 366 g/mol. The first-order valence-electron chi connectivity index (χ1n) is 6.16. The first-order chi connectivity index (χ1) is 9.22. The Hall–Kier alpha value is -0.440. The highest BCUT2D eigenvalue weighted by Crippen LogP contribution is 2.27. The zero-order valence-electron chi connectivity index (χ0n) is 11.3. The van der Waals surface area contributed by atoms with Crippen molar-refractivity contribution in [2.75, 3.05) is 6.54 Å². The molecule has 1 aromatic rings. The summed E-state index contributed by atoms with van der Waals surface area (Å²) in [4.78, 5) is 10.8. The number of hydrogen-bond acceptors (Lipinski definition) is 4. The molecule has 1 atom stereocenters. The lowest BCUT2D eigenvalue weighted by Gasteiger charge is -2.17. The Kier molecular flexibility index (Phi) is 6.63. The molecule has 0 amide bonds. The third-order valence-corrected chi connectivity index (χ3v) is 6.75. The Balaban J connectivity index is 2.71. The van der Waals surface area contributed by atoms with Gasteiger partial charge in [-0.25, -0.2) is 13.1 Å². The summed E-state index contributed by atoms with van der Waals surface area (Å²) in [6.07, 6.45) is 0.632. The zero-order chi connectivity index (χ0) is 15.3. The van der Waals surface area contributed by atoms with E-state index in [-0.39, 0.29) is 23.1 Å². The third kappa shape index (κ3) is 5.51. The van der Waals surface area contributed by atoms with Crippen molar-refractivity contribution < 1.29 is 18.3 Å². The SMILES string of the molecule is CC(C)CC(CNS(=O)(=O)c1sccc1Br)CC(=O)O. The summed E-state index contributed by atoms with van der Waals surface area (Å²) in [5.74, 6) is -0.800. The van der Waals surface area contributed by atoms with E-state index in [1.54, 1.807) is 11.4 Å². The summed E-state index contributed by atoms with van der Waals surface area (Å²) < 4.78 is 27.5. The minimum atomic E-state index is -3.59. The summed E-state index contributed by atoms with van der Waals surface area (Å²) in [6, 6.07) is 1.67. The van der Waals surface area contributed by atoms with Crippen LogP contribution in [0, 0.1) is 11.8 Å². The molecule has 0 aliphatic heterocycles. The molecule has 1 heterocycles. The van der Waals surface area contributed by atoms with Gasteiger partial charge in [0.2, 0.25) is 0 Å². The van der Waals surface area contributed by atoms with Crippen molar-refractivity contribution >= 4 is 43.3 Å². The molecule has 1 unspecified atom stereocenters. The maximum atomic E-state index is 12.1. The molecule has 5 nitrogen and oxygen atoms in total. The van der Waals surface area contributed by atoms with Gasteiger partial charge >= 0.3 is 5.97 Å². The van der Waals surface area contributed by atoms with Gasteiger partial charge in [0, 0.05) is 17.4 Å². The van der Waals surface area contributed by atoms with Gasteiger partial charge in [-0.2, -0.15) is 0 Å². The lowest BCUT2D eigenvalue weighted by molar-refractivity contribution is -0.138. The highest BCUT2D eigenvalue weighted by molar-refractivity contribution is 9.10. The maximum Gasteiger partial charge on any atom is 0.303 e. The molecule has 114 valence electrons. The van der Waals surface area contributed by atoms with Crippen LogP contribution in [0.5, 0.6) is 0 Å². The van der Waals surface area contributed by atoms with Crippen LogP contribution in [-0.4, -0.2) is 26.0 Å². The fourth-order valence-electron chi connectivity index (χ4n) is 1.92. The van der Waals surface area contributed by atoms with Crippen LogP contribution in [-0.2, 0) is 14.8 Å². The lowest BCUT2D eigenvalue weighted by Crippen LogP contribution is -2.30. The topological polar surface area (TPSA) is 83.5 Å². The van der Waals surface area contributed by atoms with E-state index >= 15 is 0 Å². The van der Waals surface area contributed by atoms with Crippen LogP contribution in [0.4, 0.5) is 0 Å². The van der Waals surface area contributed by atoms with E-state index in [4.69, 9.17) is 5.11 Å². The van der Waals surface area contributed by atoms with Crippen molar-refractivity contribution in [1.29, 1.82) is 0 Å². The second-order valence-electron chi connectivity index (χ2n) is 5.00. The Morgan fingerprint density at radius 1 is 1.50 bits per heavy atom. The van der Waals surface area contributed by atoms with E-state index in [0.29, 0.717) is 16.8 Å². The molecule has 1 aromatic heterocycles. The van der Waals surface area contributed by atoms with E-state index in [0.717, 1.165) is 11.3 Å². The maximum absolute atomic E-state index is 12.1. The highest BCUT2D eigenvalue weighted by Gasteiger charge is 2.22. The number of carboxylic acid groups (broad SMARTS) is 1. The van der Waals surface area contributed by atoms with E-state index in [9.17, 15) is 13.2 Å². The Morgan fingerprint density at radius 2 is 2.15 bits per heavy atom. The molecule has 0 radical (unpaired) electrons. The predicted molar refractivity (Wildman–Crippen MR) is 82.4 cm³/mol. The van der Waals surface area contributed by atoms with Gasteiger partial charge in [0.15, 0.2) is 0 Å². The minimum absolute atomic E-state index is 0.0354. The zero-order valence-corrected chi connectivity index (χ0v) is 14.5. The number of sulfonamides is 1. The summed E-state index contributed by atoms with van der Waals surface area (Å²) in [7, 11) is -3.59. The number of hydrogen-bond donors (Lipinski definition) is 2. The fraction of sp³-hybridized carbons (Fsp3) is 0.583. The van der Waals surface area contributed by atoms with E-state index in [1.165, 1.54) is 0 Å². The quantitative estimate of drug-likeness (QED) is 0.722. The molecule has 2 N–H and O–H groups in total. The normalized spacial score (nSPS) is 13.6. The van der Waals surface area contributed by atoms with Gasteiger partial charge < -0.3 is 5.11 Å². The van der Waals surface area contributed by atoms with Gasteiger partial charge in [-0.15, -0.1) is 11.3 Å². The summed E-state index contributed by atoms with van der Waals surface area (Å²) >= 11 is 4.31. The van der Waals surface area contributed by atoms with Crippen LogP contribution in [0.1, 0.15) is 26.7 Å². The van der Waals surface area contributed by atoms with Crippen molar-refractivity contribution in [3.8, 4) is 0 Å². The van der Waals surface area contributed by atoms with Crippen LogP contribution >= 0.6 is 27.3 Å². The van der Waals surface area contributed by atoms with E-state index < -0.39 is 16.0 Å². The van der Waals surface area contributed by atoms with E-state index in [1.807, 2.05) is 13.8 Å². The largest absolute Gasteiger partial charge is 0.481 e. The van der Waals surface area contributed by atoms with Crippen molar-refractivity contribution in [1.82, 2.24) is 4.72 Å².